The zero-order chi connectivity index (χ0) is 25.8. The van der Waals surface area contributed by atoms with Crippen molar-refractivity contribution in [1.29, 1.82) is 0 Å². The number of rotatable bonds is 6. The zero-order valence-electron chi connectivity index (χ0n) is 20.5. The van der Waals surface area contributed by atoms with E-state index in [1.807, 2.05) is 0 Å². The van der Waals surface area contributed by atoms with Crippen molar-refractivity contribution in [3.8, 4) is 5.75 Å². The molecule has 2 aromatic carbocycles. The minimum atomic E-state index is -1.15. The predicted molar refractivity (Wildman–Crippen MR) is 131 cm³/mol. The molecule has 1 aliphatic carbocycles. The summed E-state index contributed by atoms with van der Waals surface area (Å²) in [6, 6.07) is 5.79. The second-order valence-electron chi connectivity index (χ2n) is 9.48. The van der Waals surface area contributed by atoms with Crippen LogP contribution in [0.1, 0.15) is 57.9 Å². The van der Waals surface area contributed by atoms with Gasteiger partial charge in [-0.3, -0.25) is 14.5 Å². The Morgan fingerprint density at radius 3 is 2.42 bits per heavy atom. The van der Waals surface area contributed by atoms with E-state index < -0.39 is 41.4 Å². The summed E-state index contributed by atoms with van der Waals surface area (Å²) < 4.78 is 48.4. The van der Waals surface area contributed by atoms with Crippen LogP contribution in [0.15, 0.2) is 48.0 Å². The molecule has 36 heavy (non-hydrogen) atoms. The van der Waals surface area contributed by atoms with E-state index >= 15 is 4.39 Å². The first-order valence-corrected chi connectivity index (χ1v) is 12.4. The average molecular weight is 501 g/mol. The van der Waals surface area contributed by atoms with Crippen molar-refractivity contribution in [2.45, 2.75) is 77.0 Å². The molecule has 1 heterocycles. The normalized spacial score (nSPS) is 19.1. The topological polar surface area (TPSA) is 58.6 Å². The van der Waals surface area contributed by atoms with Crippen LogP contribution in [-0.2, 0) is 16.0 Å². The van der Waals surface area contributed by atoms with Gasteiger partial charge in [0, 0.05) is 12.1 Å². The van der Waals surface area contributed by atoms with Gasteiger partial charge < -0.3 is 10.1 Å². The smallest absolute Gasteiger partial charge is 0.269 e. The van der Waals surface area contributed by atoms with E-state index in [2.05, 4.69) is 5.32 Å². The van der Waals surface area contributed by atoms with Crippen LogP contribution >= 0.6 is 0 Å². The molecule has 1 saturated carbocycles. The van der Waals surface area contributed by atoms with E-state index in [0.29, 0.717) is 29.4 Å². The number of carbonyl (C=O) groups excluding carboxylic acids is 2. The number of aryl methyl sites for hydroxylation is 1. The third-order valence-corrected chi connectivity index (χ3v) is 6.99. The van der Waals surface area contributed by atoms with Crippen molar-refractivity contribution < 1.29 is 27.5 Å². The number of nitrogens with zero attached hydrogens (tertiary/aromatic N) is 1. The highest BCUT2D eigenvalue weighted by atomic mass is 19.1. The molecule has 1 fully saturated rings. The maximum Gasteiger partial charge on any atom is 0.269 e. The highest BCUT2D eigenvalue weighted by Gasteiger charge is 2.40. The Morgan fingerprint density at radius 1 is 1.03 bits per heavy atom. The maximum atomic E-state index is 15.1. The second-order valence-corrected chi connectivity index (χ2v) is 9.48. The molecule has 0 bridgehead atoms. The third kappa shape index (κ3) is 5.58. The molecular weight excluding hydrogens is 469 g/mol. The number of amides is 2. The molecule has 0 saturated heterocycles. The molecule has 1 aliphatic heterocycles. The molecule has 2 unspecified atom stereocenters. The lowest BCUT2D eigenvalue weighted by Gasteiger charge is -2.36. The molecule has 2 aromatic rings. The predicted octanol–water partition coefficient (Wildman–Crippen LogP) is 5.61. The summed E-state index contributed by atoms with van der Waals surface area (Å²) in [5, 5.41) is 3.04. The Kier molecular flexibility index (Phi) is 8.01. The summed E-state index contributed by atoms with van der Waals surface area (Å²) in [6.45, 7) is 3.44. The molecule has 0 aromatic heterocycles. The standard InChI is InChI=1S/C28H31F3N2O3/c1-3-17(2)26(27(34)32-21-7-5-4-6-8-21)33(23-12-10-20(30)16-22(23)31)28(35)25-13-9-18-15-19(29)11-14-24(18)36-25/h3,10-12,14-16,21,25-26H,4-9,13H2,1-2H3,(H,32,34)/b17-3+. The number of benzene rings is 2. The fourth-order valence-corrected chi connectivity index (χ4v) is 4.96. The number of anilines is 1. The number of ether oxygens (including phenoxy) is 1. The van der Waals surface area contributed by atoms with E-state index in [1.165, 1.54) is 24.3 Å². The monoisotopic (exact) mass is 500 g/mol. The lowest BCUT2D eigenvalue weighted by molar-refractivity contribution is -0.130. The lowest BCUT2D eigenvalue weighted by atomic mass is 9.94. The van der Waals surface area contributed by atoms with E-state index in [0.717, 1.165) is 43.1 Å². The van der Waals surface area contributed by atoms with Crippen molar-refractivity contribution >= 4 is 17.5 Å². The Bertz CT molecular complexity index is 1160. The maximum absolute atomic E-state index is 15.1. The van der Waals surface area contributed by atoms with Gasteiger partial charge in [-0.15, -0.1) is 0 Å². The quantitative estimate of drug-likeness (QED) is 0.525. The number of halogens is 3. The molecule has 5 nitrogen and oxygen atoms in total. The Morgan fingerprint density at radius 2 is 1.72 bits per heavy atom. The van der Waals surface area contributed by atoms with Crippen LogP contribution in [-0.4, -0.2) is 30.0 Å². The summed E-state index contributed by atoms with van der Waals surface area (Å²) in [4.78, 5) is 28.6. The van der Waals surface area contributed by atoms with E-state index in [4.69, 9.17) is 4.74 Å². The van der Waals surface area contributed by atoms with Crippen LogP contribution < -0.4 is 15.0 Å². The van der Waals surface area contributed by atoms with E-state index in [1.54, 1.807) is 19.9 Å². The van der Waals surface area contributed by atoms with Crippen LogP contribution in [0.5, 0.6) is 5.75 Å². The number of hydrogen-bond acceptors (Lipinski definition) is 3. The summed E-state index contributed by atoms with van der Waals surface area (Å²) in [7, 11) is 0. The summed E-state index contributed by atoms with van der Waals surface area (Å²) >= 11 is 0. The molecule has 8 heteroatoms. The van der Waals surface area contributed by atoms with Gasteiger partial charge in [-0.25, -0.2) is 13.2 Å². The molecule has 1 N–H and O–H groups in total. The Balaban J connectivity index is 1.71. The minimum absolute atomic E-state index is 0.0267. The van der Waals surface area contributed by atoms with Crippen molar-refractivity contribution in [3.05, 3.63) is 71.1 Å². The number of allylic oxidation sites excluding steroid dienone is 1. The van der Waals surface area contributed by atoms with Gasteiger partial charge in [0.05, 0.1) is 5.69 Å². The zero-order valence-corrected chi connectivity index (χ0v) is 20.5. The van der Waals surface area contributed by atoms with Crippen LogP contribution in [0.25, 0.3) is 0 Å². The van der Waals surface area contributed by atoms with Gasteiger partial charge in [-0.05, 0) is 81.0 Å². The minimum Gasteiger partial charge on any atom is -0.480 e. The van der Waals surface area contributed by atoms with E-state index in [9.17, 15) is 18.4 Å². The Hall–Kier alpha value is -3.29. The SMILES string of the molecule is C/C=C(\C)C(C(=O)NC1CCCCC1)N(C(=O)C1CCc2cc(F)ccc2O1)c1ccc(F)cc1F. The number of carbonyl (C=O) groups is 2. The van der Waals surface area contributed by atoms with Gasteiger partial charge in [0.1, 0.15) is 29.2 Å². The summed E-state index contributed by atoms with van der Waals surface area (Å²) in [5.41, 5.74) is 0.966. The Labute approximate surface area is 209 Å². The van der Waals surface area contributed by atoms with Gasteiger partial charge in [-0.1, -0.05) is 25.3 Å². The van der Waals surface area contributed by atoms with Crippen LogP contribution in [0, 0.1) is 17.5 Å². The van der Waals surface area contributed by atoms with Crippen molar-refractivity contribution in [2.24, 2.45) is 0 Å². The molecule has 2 amide bonds. The lowest BCUT2D eigenvalue weighted by Crippen LogP contribution is -2.56. The van der Waals surface area contributed by atoms with Crippen LogP contribution in [0.3, 0.4) is 0 Å². The van der Waals surface area contributed by atoms with Gasteiger partial charge in [-0.2, -0.15) is 0 Å². The van der Waals surface area contributed by atoms with Crippen molar-refractivity contribution in [1.82, 2.24) is 5.32 Å². The largest absolute Gasteiger partial charge is 0.480 e. The molecule has 2 aliphatic rings. The molecule has 0 radical (unpaired) electrons. The fourth-order valence-electron chi connectivity index (χ4n) is 4.96. The second kappa shape index (κ2) is 11.2. The molecule has 4 rings (SSSR count). The number of nitrogens with one attached hydrogen (secondary N) is 1. The van der Waals surface area contributed by atoms with Gasteiger partial charge in [0.2, 0.25) is 5.91 Å². The fraction of sp³-hybridized carbons (Fsp3) is 0.429. The average Bonchev–Trinajstić information content (AvgIpc) is 2.87. The van der Waals surface area contributed by atoms with Crippen molar-refractivity contribution in [2.75, 3.05) is 4.90 Å². The van der Waals surface area contributed by atoms with Crippen molar-refractivity contribution in [3.63, 3.8) is 0 Å². The number of hydrogen-bond donors (Lipinski definition) is 1. The van der Waals surface area contributed by atoms with E-state index in [-0.39, 0.29) is 18.2 Å². The molecule has 0 spiro atoms. The highest BCUT2D eigenvalue weighted by molar-refractivity contribution is 6.04. The van der Waals surface area contributed by atoms with Gasteiger partial charge in [0.25, 0.3) is 5.91 Å². The van der Waals surface area contributed by atoms with Crippen LogP contribution in [0.4, 0.5) is 18.9 Å². The van der Waals surface area contributed by atoms with Crippen LogP contribution in [0.2, 0.25) is 0 Å². The molecule has 2 atom stereocenters. The number of fused-ring (bicyclic) bond motifs is 1. The third-order valence-electron chi connectivity index (χ3n) is 6.99. The molecule has 192 valence electrons. The first kappa shape index (κ1) is 25.8. The summed E-state index contributed by atoms with van der Waals surface area (Å²) in [6.07, 6.45) is 6.07. The van der Waals surface area contributed by atoms with Gasteiger partial charge >= 0.3 is 0 Å². The molecular formula is C28H31F3N2O3. The summed E-state index contributed by atoms with van der Waals surface area (Å²) in [5.74, 6) is -2.83. The van der Waals surface area contributed by atoms with Gasteiger partial charge in [0.15, 0.2) is 6.10 Å². The first-order valence-electron chi connectivity index (χ1n) is 12.4. The first-order chi connectivity index (χ1) is 17.3. The highest BCUT2D eigenvalue weighted by Crippen LogP contribution is 2.32.